The predicted molar refractivity (Wildman–Crippen MR) is 212 cm³/mol. The minimum Gasteiger partial charge on any atom is -0.456 e. The normalized spacial score (nSPS) is 11.5. The number of hydrogen-bond donors (Lipinski definition) is 0. The number of furan rings is 2. The van der Waals surface area contributed by atoms with Gasteiger partial charge in [0.1, 0.15) is 22.3 Å². The summed E-state index contributed by atoms with van der Waals surface area (Å²) >= 11 is 0. The third-order valence-electron chi connectivity index (χ3n) is 9.88. The van der Waals surface area contributed by atoms with Gasteiger partial charge in [0, 0.05) is 39.0 Å². The molecule has 0 bridgehead atoms. The number of anilines is 3. The topological polar surface area (TPSA) is 29.5 Å². The van der Waals surface area contributed by atoms with Crippen molar-refractivity contribution in [3.63, 3.8) is 0 Å². The van der Waals surface area contributed by atoms with Crippen molar-refractivity contribution in [1.29, 1.82) is 0 Å². The van der Waals surface area contributed by atoms with Gasteiger partial charge in [-0.05, 0) is 70.8 Å². The third kappa shape index (κ3) is 4.90. The van der Waals surface area contributed by atoms with Crippen LogP contribution in [-0.2, 0) is 0 Å². The van der Waals surface area contributed by atoms with Crippen molar-refractivity contribution >= 4 is 60.9 Å². The van der Waals surface area contributed by atoms with Crippen molar-refractivity contribution in [3.8, 4) is 33.4 Å². The average Bonchev–Trinajstić information content (AvgIpc) is 3.78. The molecule has 51 heavy (non-hydrogen) atoms. The van der Waals surface area contributed by atoms with Crippen molar-refractivity contribution < 1.29 is 8.83 Å². The SMILES string of the molecule is c1ccc(-c2ccc(N(c3ccc4c(c3)oc3ccccc34)c3ccc(-c4ccccc4)c4oc5ccccc5c34)c(-c3ccccc3)c2)cc1. The summed E-state index contributed by atoms with van der Waals surface area (Å²) in [6.07, 6.45) is 0. The highest BCUT2D eigenvalue weighted by Crippen LogP contribution is 2.49. The molecule has 0 fully saturated rings. The fraction of sp³-hybridized carbons (Fsp3) is 0. The smallest absolute Gasteiger partial charge is 0.145 e. The van der Waals surface area contributed by atoms with Crippen molar-refractivity contribution in [2.24, 2.45) is 0 Å². The quantitative estimate of drug-likeness (QED) is 0.179. The largest absolute Gasteiger partial charge is 0.456 e. The minimum absolute atomic E-state index is 0.843. The molecule has 0 atom stereocenters. The van der Waals surface area contributed by atoms with Gasteiger partial charge in [-0.1, -0.05) is 133 Å². The lowest BCUT2D eigenvalue weighted by molar-refractivity contribution is 0.669. The van der Waals surface area contributed by atoms with E-state index in [1.54, 1.807) is 0 Å². The Balaban J connectivity index is 1.30. The van der Waals surface area contributed by atoms with Crippen LogP contribution in [0.3, 0.4) is 0 Å². The van der Waals surface area contributed by atoms with Gasteiger partial charge in [0.05, 0.1) is 16.8 Å². The third-order valence-corrected chi connectivity index (χ3v) is 9.88. The first-order valence-corrected chi connectivity index (χ1v) is 17.3. The molecule has 0 amide bonds. The molecular formula is C48H31NO2. The molecule has 0 aliphatic rings. The maximum absolute atomic E-state index is 6.76. The van der Waals surface area contributed by atoms with Crippen LogP contribution in [0.5, 0.6) is 0 Å². The first-order chi connectivity index (χ1) is 25.3. The van der Waals surface area contributed by atoms with Crippen LogP contribution in [0.25, 0.3) is 77.3 Å². The van der Waals surface area contributed by atoms with E-state index >= 15 is 0 Å². The number of para-hydroxylation sites is 2. The number of rotatable bonds is 6. The average molecular weight is 654 g/mol. The Bertz CT molecular complexity index is 2850. The van der Waals surface area contributed by atoms with Gasteiger partial charge in [-0.15, -0.1) is 0 Å². The zero-order valence-electron chi connectivity index (χ0n) is 27.7. The van der Waals surface area contributed by atoms with Crippen molar-refractivity contribution in [2.45, 2.75) is 0 Å². The summed E-state index contributed by atoms with van der Waals surface area (Å²) in [6.45, 7) is 0. The lowest BCUT2D eigenvalue weighted by Gasteiger charge is -2.29. The molecule has 2 aromatic heterocycles. The molecule has 10 aromatic rings. The van der Waals surface area contributed by atoms with E-state index in [0.717, 1.165) is 88.8 Å². The molecule has 0 radical (unpaired) electrons. The summed E-state index contributed by atoms with van der Waals surface area (Å²) in [4.78, 5) is 2.38. The second-order valence-corrected chi connectivity index (χ2v) is 12.9. The maximum atomic E-state index is 6.76. The van der Waals surface area contributed by atoms with E-state index in [0.29, 0.717) is 0 Å². The molecule has 8 aromatic carbocycles. The minimum atomic E-state index is 0.843. The predicted octanol–water partition coefficient (Wildman–Crippen LogP) is 14.0. The number of nitrogens with zero attached hydrogens (tertiary/aromatic N) is 1. The van der Waals surface area contributed by atoms with E-state index in [1.807, 2.05) is 24.3 Å². The van der Waals surface area contributed by atoms with Crippen molar-refractivity contribution in [2.75, 3.05) is 4.90 Å². The van der Waals surface area contributed by atoms with Gasteiger partial charge < -0.3 is 13.7 Å². The molecule has 3 heteroatoms. The summed E-state index contributed by atoms with van der Waals surface area (Å²) in [5.74, 6) is 0. The maximum Gasteiger partial charge on any atom is 0.145 e. The molecule has 0 saturated carbocycles. The van der Waals surface area contributed by atoms with Crippen LogP contribution in [0, 0.1) is 0 Å². The van der Waals surface area contributed by atoms with Gasteiger partial charge in [0.2, 0.25) is 0 Å². The van der Waals surface area contributed by atoms with Gasteiger partial charge in [0.25, 0.3) is 0 Å². The summed E-state index contributed by atoms with van der Waals surface area (Å²) in [6, 6.07) is 66.1. The second kappa shape index (κ2) is 11.9. The highest BCUT2D eigenvalue weighted by Gasteiger charge is 2.25. The highest BCUT2D eigenvalue weighted by molar-refractivity contribution is 6.18. The van der Waals surface area contributed by atoms with Gasteiger partial charge in [-0.3, -0.25) is 0 Å². The van der Waals surface area contributed by atoms with E-state index in [9.17, 15) is 0 Å². The highest BCUT2D eigenvalue weighted by atomic mass is 16.3. The van der Waals surface area contributed by atoms with Crippen LogP contribution < -0.4 is 4.90 Å². The summed E-state index contributed by atoms with van der Waals surface area (Å²) < 4.78 is 13.2. The number of fused-ring (bicyclic) bond motifs is 6. The molecule has 0 unspecified atom stereocenters. The first kappa shape index (κ1) is 29.1. The van der Waals surface area contributed by atoms with Gasteiger partial charge in [0.15, 0.2) is 0 Å². The van der Waals surface area contributed by atoms with Crippen LogP contribution in [-0.4, -0.2) is 0 Å². The Kier molecular flexibility index (Phi) is 6.81. The number of benzene rings is 8. The van der Waals surface area contributed by atoms with Gasteiger partial charge in [-0.25, -0.2) is 0 Å². The fourth-order valence-corrected chi connectivity index (χ4v) is 7.49. The lowest BCUT2D eigenvalue weighted by atomic mass is 9.95. The molecular weight excluding hydrogens is 623 g/mol. The van der Waals surface area contributed by atoms with E-state index in [1.165, 1.54) is 5.56 Å². The van der Waals surface area contributed by atoms with E-state index < -0.39 is 0 Å². The van der Waals surface area contributed by atoms with Crippen molar-refractivity contribution in [1.82, 2.24) is 0 Å². The van der Waals surface area contributed by atoms with Crippen LogP contribution in [0.1, 0.15) is 0 Å². The lowest BCUT2D eigenvalue weighted by Crippen LogP contribution is -2.12. The summed E-state index contributed by atoms with van der Waals surface area (Å²) in [7, 11) is 0. The van der Waals surface area contributed by atoms with Crippen LogP contribution in [0.4, 0.5) is 17.1 Å². The number of hydrogen-bond acceptors (Lipinski definition) is 3. The second-order valence-electron chi connectivity index (χ2n) is 12.9. The zero-order chi connectivity index (χ0) is 33.7. The molecule has 0 aliphatic heterocycles. The van der Waals surface area contributed by atoms with E-state index in [4.69, 9.17) is 8.83 Å². The Labute approximate surface area is 295 Å². The molecule has 0 saturated heterocycles. The molecule has 0 spiro atoms. The Hall–Kier alpha value is -6.84. The monoisotopic (exact) mass is 653 g/mol. The van der Waals surface area contributed by atoms with Gasteiger partial charge in [-0.2, -0.15) is 0 Å². The van der Waals surface area contributed by atoms with E-state index in [-0.39, 0.29) is 0 Å². The molecule has 3 nitrogen and oxygen atoms in total. The van der Waals surface area contributed by atoms with Crippen LogP contribution >= 0.6 is 0 Å². The van der Waals surface area contributed by atoms with E-state index in [2.05, 4.69) is 169 Å². The zero-order valence-corrected chi connectivity index (χ0v) is 27.7. The molecule has 10 rings (SSSR count). The molecule has 0 aliphatic carbocycles. The summed E-state index contributed by atoms with van der Waals surface area (Å²) in [5, 5.41) is 4.33. The Morgan fingerprint density at radius 1 is 0.333 bits per heavy atom. The molecule has 0 N–H and O–H groups in total. The van der Waals surface area contributed by atoms with Crippen LogP contribution in [0.15, 0.2) is 197 Å². The first-order valence-electron chi connectivity index (χ1n) is 17.3. The Morgan fingerprint density at radius 3 is 1.63 bits per heavy atom. The van der Waals surface area contributed by atoms with Crippen molar-refractivity contribution in [3.05, 3.63) is 188 Å². The standard InChI is InChI=1S/C48H31NO2/c1-4-14-32(15-5-1)35-24-28-42(41(30-35)34-18-8-3-9-19-34)49(36-25-26-39-38-20-10-12-22-44(38)50-46(39)31-36)43-29-27-37(33-16-6-2-7-17-33)48-47(43)40-21-11-13-23-45(40)51-48/h1-31H. The fourth-order valence-electron chi connectivity index (χ4n) is 7.49. The summed E-state index contributed by atoms with van der Waals surface area (Å²) in [5.41, 5.74) is 13.3. The molecule has 2 heterocycles. The van der Waals surface area contributed by atoms with Gasteiger partial charge >= 0.3 is 0 Å². The van der Waals surface area contributed by atoms with Crippen LogP contribution in [0.2, 0.25) is 0 Å². The Morgan fingerprint density at radius 2 is 0.902 bits per heavy atom. The molecule has 240 valence electrons.